The topological polar surface area (TPSA) is 44.0 Å². The Labute approximate surface area is 75.2 Å². The van der Waals surface area contributed by atoms with E-state index in [4.69, 9.17) is 5.26 Å². The molecular formula is C10H19NO. The van der Waals surface area contributed by atoms with Crippen LogP contribution in [0.2, 0.25) is 0 Å². The molecule has 0 saturated heterocycles. The smallest absolute Gasteiger partial charge is 0.0726 e. The first-order valence-corrected chi connectivity index (χ1v) is 4.78. The molecule has 2 nitrogen and oxygen atoms in total. The van der Waals surface area contributed by atoms with Gasteiger partial charge in [0, 0.05) is 0 Å². The van der Waals surface area contributed by atoms with Crippen molar-refractivity contribution >= 4 is 0 Å². The molecule has 2 atom stereocenters. The second kappa shape index (κ2) is 6.02. The van der Waals surface area contributed by atoms with E-state index in [1.165, 1.54) is 0 Å². The fraction of sp³-hybridized carbons (Fsp3) is 0.900. The Bertz CT molecular complexity index is 146. The highest BCUT2D eigenvalue weighted by atomic mass is 16.3. The second-order valence-electron chi connectivity index (χ2n) is 3.21. The molecule has 0 saturated carbocycles. The molecule has 0 aliphatic heterocycles. The average Bonchev–Trinajstić information content (AvgIpc) is 2.09. The largest absolute Gasteiger partial charge is 0.391 e. The van der Waals surface area contributed by atoms with Crippen molar-refractivity contribution in [3.8, 4) is 6.07 Å². The Morgan fingerprint density at radius 1 is 1.17 bits per heavy atom. The number of nitrogens with zero attached hydrogens (tertiary/aromatic N) is 1. The van der Waals surface area contributed by atoms with Crippen LogP contribution in [-0.2, 0) is 0 Å². The first-order valence-electron chi connectivity index (χ1n) is 4.78. The molecule has 1 N–H and O–H groups in total. The van der Waals surface area contributed by atoms with Crippen LogP contribution < -0.4 is 0 Å². The first kappa shape index (κ1) is 11.4. The Balaban J connectivity index is 4.14. The number of rotatable bonds is 5. The maximum absolute atomic E-state index is 9.75. The highest BCUT2D eigenvalue weighted by Gasteiger charge is 2.23. The van der Waals surface area contributed by atoms with Gasteiger partial charge in [-0.25, -0.2) is 0 Å². The lowest BCUT2D eigenvalue weighted by Crippen LogP contribution is -2.27. The molecule has 0 rings (SSSR count). The first-order chi connectivity index (χ1) is 5.71. The lowest BCUT2D eigenvalue weighted by Gasteiger charge is -2.23. The third kappa shape index (κ3) is 2.83. The van der Waals surface area contributed by atoms with E-state index >= 15 is 0 Å². The van der Waals surface area contributed by atoms with Gasteiger partial charge in [-0.2, -0.15) is 5.26 Å². The molecule has 0 aromatic heterocycles. The normalized spacial score (nSPS) is 15.7. The molecule has 12 heavy (non-hydrogen) atoms. The van der Waals surface area contributed by atoms with Crippen LogP contribution in [0.3, 0.4) is 0 Å². The van der Waals surface area contributed by atoms with Crippen LogP contribution in [0.5, 0.6) is 0 Å². The van der Waals surface area contributed by atoms with Gasteiger partial charge in [-0.15, -0.1) is 0 Å². The highest BCUT2D eigenvalue weighted by molar-refractivity contribution is 4.89. The predicted octanol–water partition coefficient (Wildman–Crippen LogP) is 2.33. The molecule has 0 fully saturated rings. The van der Waals surface area contributed by atoms with Crippen molar-refractivity contribution < 1.29 is 5.11 Å². The average molecular weight is 169 g/mol. The van der Waals surface area contributed by atoms with Crippen molar-refractivity contribution in [3.63, 3.8) is 0 Å². The van der Waals surface area contributed by atoms with Crippen LogP contribution in [0.25, 0.3) is 0 Å². The lowest BCUT2D eigenvalue weighted by molar-refractivity contribution is 0.0657. The Hall–Kier alpha value is -0.550. The molecule has 0 aromatic carbocycles. The standard InChI is InChI=1S/C10H19NO/c1-4-8(5-2)10(12)9(6-3)7-11/h8-10,12H,4-6H2,1-3H3. The van der Waals surface area contributed by atoms with Gasteiger partial charge in [0.2, 0.25) is 0 Å². The predicted molar refractivity (Wildman–Crippen MR) is 49.5 cm³/mol. The van der Waals surface area contributed by atoms with Gasteiger partial charge in [-0.05, 0) is 12.3 Å². The molecule has 0 spiro atoms. The van der Waals surface area contributed by atoms with Crippen molar-refractivity contribution in [3.05, 3.63) is 0 Å². The minimum Gasteiger partial charge on any atom is -0.391 e. The molecule has 0 heterocycles. The van der Waals surface area contributed by atoms with E-state index in [0.717, 1.165) is 19.3 Å². The number of hydrogen-bond acceptors (Lipinski definition) is 2. The summed E-state index contributed by atoms with van der Waals surface area (Å²) in [5.41, 5.74) is 0. The van der Waals surface area contributed by atoms with Crippen LogP contribution in [0.15, 0.2) is 0 Å². The summed E-state index contributed by atoms with van der Waals surface area (Å²) in [6.07, 6.45) is 2.22. The summed E-state index contributed by atoms with van der Waals surface area (Å²) in [5, 5.41) is 18.5. The third-order valence-electron chi connectivity index (χ3n) is 2.55. The van der Waals surface area contributed by atoms with E-state index in [-0.39, 0.29) is 11.8 Å². The summed E-state index contributed by atoms with van der Waals surface area (Å²) in [6.45, 7) is 6.06. The SMILES string of the molecule is CCC(C#N)C(O)C(CC)CC. The summed E-state index contributed by atoms with van der Waals surface area (Å²) in [7, 11) is 0. The number of aliphatic hydroxyl groups is 1. The summed E-state index contributed by atoms with van der Waals surface area (Å²) >= 11 is 0. The van der Waals surface area contributed by atoms with Gasteiger partial charge < -0.3 is 5.11 Å². The van der Waals surface area contributed by atoms with Crippen molar-refractivity contribution in [1.82, 2.24) is 0 Å². The maximum atomic E-state index is 9.75. The quantitative estimate of drug-likeness (QED) is 0.686. The van der Waals surface area contributed by atoms with Crippen LogP contribution in [0.4, 0.5) is 0 Å². The van der Waals surface area contributed by atoms with Gasteiger partial charge in [-0.1, -0.05) is 33.6 Å². The van der Waals surface area contributed by atoms with Crippen molar-refractivity contribution in [2.75, 3.05) is 0 Å². The van der Waals surface area contributed by atoms with Crippen LogP contribution in [0, 0.1) is 23.2 Å². The molecular weight excluding hydrogens is 150 g/mol. The Morgan fingerprint density at radius 3 is 1.92 bits per heavy atom. The number of aliphatic hydroxyl groups excluding tert-OH is 1. The van der Waals surface area contributed by atoms with Gasteiger partial charge >= 0.3 is 0 Å². The second-order valence-corrected chi connectivity index (χ2v) is 3.21. The summed E-state index contributed by atoms with van der Waals surface area (Å²) in [4.78, 5) is 0. The van der Waals surface area contributed by atoms with Crippen molar-refractivity contribution in [2.45, 2.75) is 46.1 Å². The molecule has 0 aromatic rings. The third-order valence-corrected chi connectivity index (χ3v) is 2.55. The summed E-state index contributed by atoms with van der Waals surface area (Å²) < 4.78 is 0. The van der Waals surface area contributed by atoms with E-state index in [9.17, 15) is 5.11 Å². The zero-order chi connectivity index (χ0) is 9.56. The molecule has 2 unspecified atom stereocenters. The van der Waals surface area contributed by atoms with Crippen LogP contribution >= 0.6 is 0 Å². The zero-order valence-electron chi connectivity index (χ0n) is 8.25. The van der Waals surface area contributed by atoms with Gasteiger partial charge in [0.15, 0.2) is 0 Å². The van der Waals surface area contributed by atoms with E-state index in [2.05, 4.69) is 19.9 Å². The minimum absolute atomic E-state index is 0.185. The van der Waals surface area contributed by atoms with Crippen LogP contribution in [-0.4, -0.2) is 11.2 Å². The van der Waals surface area contributed by atoms with Gasteiger partial charge in [0.25, 0.3) is 0 Å². The fourth-order valence-electron chi connectivity index (χ4n) is 1.51. The Kier molecular flexibility index (Phi) is 5.74. The molecule has 2 heteroatoms. The van der Waals surface area contributed by atoms with Gasteiger partial charge in [0.1, 0.15) is 0 Å². The Morgan fingerprint density at radius 2 is 1.67 bits per heavy atom. The van der Waals surface area contributed by atoms with Crippen molar-refractivity contribution in [1.29, 1.82) is 5.26 Å². The zero-order valence-corrected chi connectivity index (χ0v) is 8.25. The summed E-state index contributed by atoms with van der Waals surface area (Å²) in [5.74, 6) is 0.101. The van der Waals surface area contributed by atoms with E-state index in [1.807, 2.05) is 6.92 Å². The monoisotopic (exact) mass is 169 g/mol. The molecule has 0 amide bonds. The van der Waals surface area contributed by atoms with Gasteiger partial charge in [0.05, 0.1) is 18.1 Å². The molecule has 0 radical (unpaired) electrons. The van der Waals surface area contributed by atoms with E-state index in [1.54, 1.807) is 0 Å². The number of nitriles is 1. The molecule has 0 aliphatic carbocycles. The minimum atomic E-state index is -0.435. The van der Waals surface area contributed by atoms with E-state index in [0.29, 0.717) is 0 Å². The van der Waals surface area contributed by atoms with Gasteiger partial charge in [-0.3, -0.25) is 0 Å². The maximum Gasteiger partial charge on any atom is 0.0726 e. The van der Waals surface area contributed by atoms with E-state index < -0.39 is 6.10 Å². The fourth-order valence-corrected chi connectivity index (χ4v) is 1.51. The van der Waals surface area contributed by atoms with Crippen molar-refractivity contribution in [2.24, 2.45) is 11.8 Å². The highest BCUT2D eigenvalue weighted by Crippen LogP contribution is 2.21. The molecule has 0 aliphatic rings. The molecule has 70 valence electrons. The molecule has 0 bridgehead atoms. The lowest BCUT2D eigenvalue weighted by atomic mass is 9.87. The van der Waals surface area contributed by atoms with Crippen LogP contribution in [0.1, 0.15) is 40.0 Å². The number of hydrogen-bond donors (Lipinski definition) is 1. The summed E-state index contributed by atoms with van der Waals surface area (Å²) in [6, 6.07) is 2.15.